The van der Waals surface area contributed by atoms with Crippen LogP contribution in [0.15, 0.2) is 91.3 Å². The molecule has 0 atom stereocenters. The Labute approximate surface area is 272 Å². The molecule has 0 aliphatic heterocycles. The molecule has 6 aromatic rings. The maximum atomic E-state index is 8.56. The van der Waals surface area contributed by atoms with Gasteiger partial charge in [0.1, 0.15) is 0 Å². The number of fused-ring (bicyclic) bond motifs is 3. The fraction of sp³-hybridized carbons (Fsp3) is 0.222. The summed E-state index contributed by atoms with van der Waals surface area (Å²) in [5.41, 5.74) is 4.74. The van der Waals surface area contributed by atoms with E-state index in [2.05, 4.69) is 39.4 Å². The van der Waals surface area contributed by atoms with Crippen LogP contribution in [0.5, 0.6) is 0 Å². The molecule has 0 fully saturated rings. The average molecular weight is 799 g/mol. The molecular formula is C36H36GeIrN2S-2. The van der Waals surface area contributed by atoms with E-state index in [9.17, 15) is 0 Å². The Morgan fingerprint density at radius 1 is 0.902 bits per heavy atom. The quantitative estimate of drug-likeness (QED) is 0.128. The van der Waals surface area contributed by atoms with Crippen molar-refractivity contribution in [3.63, 3.8) is 0 Å². The van der Waals surface area contributed by atoms with Crippen molar-refractivity contribution in [3.8, 4) is 22.5 Å². The molecule has 0 N–H and O–H groups in total. The number of pyridine rings is 2. The summed E-state index contributed by atoms with van der Waals surface area (Å²) in [5, 5.41) is 2.19. The van der Waals surface area contributed by atoms with E-state index in [1.54, 1.807) is 29.7 Å². The van der Waals surface area contributed by atoms with Crippen molar-refractivity contribution in [2.75, 3.05) is 0 Å². The van der Waals surface area contributed by atoms with Crippen molar-refractivity contribution in [2.24, 2.45) is 5.92 Å². The summed E-state index contributed by atoms with van der Waals surface area (Å²) in [6.45, 7) is 1.79. The van der Waals surface area contributed by atoms with Gasteiger partial charge >= 0.3 is 128 Å². The Balaban J connectivity index is 0.000000205. The molecule has 41 heavy (non-hydrogen) atoms. The standard InChI is InChI=1S/C18H24GeN.C18H12NS.Ir/c1-14(2)11-16-12-18(15-9-7-6-8-10-15)20-13-17(16)19(3,4)5;1-12-8-9-13-14-5-4-6-15(16-7-2-3-10-19-16)18(14)20-17(13)11-12;/h6-9,12-14H,11H2,1-5H3;2-5,7-11H,1H3;/q2*-1;/i11D2;1D3;. The Kier molecular flexibility index (Phi) is 8.25. The molecule has 0 saturated carbocycles. The number of benzene rings is 3. The first-order valence-electron chi connectivity index (χ1n) is 15.9. The zero-order valence-electron chi connectivity index (χ0n) is 28.9. The van der Waals surface area contributed by atoms with Gasteiger partial charge in [0.25, 0.3) is 0 Å². The van der Waals surface area contributed by atoms with Gasteiger partial charge in [-0.1, -0.05) is 29.7 Å². The maximum absolute atomic E-state index is 8.56. The normalized spacial score (nSPS) is 13.8. The average Bonchev–Trinajstić information content (AvgIpc) is 3.39. The van der Waals surface area contributed by atoms with Crippen LogP contribution in [0.1, 0.15) is 31.8 Å². The molecule has 2 nitrogen and oxygen atoms in total. The van der Waals surface area contributed by atoms with Crippen LogP contribution >= 0.6 is 11.3 Å². The van der Waals surface area contributed by atoms with Crippen molar-refractivity contribution in [1.29, 1.82) is 0 Å². The molecule has 0 unspecified atom stereocenters. The number of hydrogen-bond donors (Lipinski definition) is 0. The van der Waals surface area contributed by atoms with E-state index in [4.69, 9.17) is 6.85 Å². The van der Waals surface area contributed by atoms with Crippen molar-refractivity contribution in [1.82, 2.24) is 9.97 Å². The second-order valence-electron chi connectivity index (χ2n) is 11.1. The Hall–Kier alpha value is -2.63. The third kappa shape index (κ3) is 7.42. The van der Waals surface area contributed by atoms with Gasteiger partial charge in [-0.2, -0.15) is 11.3 Å². The first kappa shape index (κ1) is 24.9. The Morgan fingerprint density at radius 2 is 1.73 bits per heavy atom. The fourth-order valence-corrected chi connectivity index (χ4v) is 8.82. The molecule has 0 aliphatic carbocycles. The van der Waals surface area contributed by atoms with Crippen LogP contribution in [0.3, 0.4) is 0 Å². The van der Waals surface area contributed by atoms with E-state index in [1.807, 2.05) is 86.8 Å². The third-order valence-electron chi connectivity index (χ3n) is 6.50. The topological polar surface area (TPSA) is 25.8 Å². The molecule has 0 amide bonds. The van der Waals surface area contributed by atoms with E-state index < -0.39 is 26.5 Å². The summed E-state index contributed by atoms with van der Waals surface area (Å²) in [7, 11) is 0. The molecule has 3 heterocycles. The first-order chi connectivity index (χ1) is 21.2. The summed E-state index contributed by atoms with van der Waals surface area (Å²) >= 11 is -0.610. The molecule has 3 aromatic heterocycles. The number of rotatable bonds is 5. The second kappa shape index (κ2) is 13.6. The van der Waals surface area contributed by atoms with Gasteiger partial charge in [0, 0.05) is 35.1 Å². The summed E-state index contributed by atoms with van der Waals surface area (Å²) < 4.78 is 43.1. The molecule has 6 rings (SSSR count). The van der Waals surface area contributed by atoms with E-state index >= 15 is 0 Å². The largest absolute Gasteiger partial charge is 0 e. The van der Waals surface area contributed by atoms with E-state index in [0.717, 1.165) is 52.6 Å². The summed E-state index contributed by atoms with van der Waals surface area (Å²) in [5.74, 6) is 6.77. The summed E-state index contributed by atoms with van der Waals surface area (Å²) in [6, 6.07) is 31.2. The van der Waals surface area contributed by atoms with E-state index in [1.165, 1.54) is 0 Å². The zero-order chi connectivity index (χ0) is 32.6. The number of aromatic nitrogens is 2. The molecule has 0 spiro atoms. The van der Waals surface area contributed by atoms with Crippen LogP contribution in [0.2, 0.25) is 17.3 Å². The number of nitrogens with zero attached hydrogens (tertiary/aromatic N) is 2. The molecule has 0 bridgehead atoms. The van der Waals surface area contributed by atoms with Crippen LogP contribution in [0, 0.1) is 24.9 Å². The van der Waals surface area contributed by atoms with Gasteiger partial charge in [-0.3, -0.25) is 0 Å². The maximum Gasteiger partial charge on any atom is 0 e. The zero-order valence-corrected chi connectivity index (χ0v) is 29.2. The van der Waals surface area contributed by atoms with Crippen LogP contribution in [0.4, 0.5) is 0 Å². The predicted molar refractivity (Wildman–Crippen MR) is 176 cm³/mol. The minimum atomic E-state index is -2.20. The van der Waals surface area contributed by atoms with Crippen molar-refractivity contribution in [2.45, 2.75) is 44.3 Å². The predicted octanol–water partition coefficient (Wildman–Crippen LogP) is 9.52. The molecule has 0 aliphatic rings. The SMILES string of the molecule is [2H]C([2H])([2H])c1ccc2c(c1)sc1c(-c3ccccn3)[c-]ccc12.[2H]C([2H])(c1cc(-c2[c-]cccc2)nc[c]1[Ge]([CH3])([CH3])[CH3])C(C)C.[Ir]. The molecule has 3 aromatic carbocycles. The summed E-state index contributed by atoms with van der Waals surface area (Å²) in [6.07, 6.45) is 2.33. The molecule has 211 valence electrons. The van der Waals surface area contributed by atoms with E-state index in [-0.39, 0.29) is 26.0 Å². The van der Waals surface area contributed by atoms with Crippen LogP contribution in [-0.2, 0) is 26.5 Å². The van der Waals surface area contributed by atoms with Gasteiger partial charge in [-0.25, -0.2) is 0 Å². The monoisotopic (exact) mass is 800 g/mol. The van der Waals surface area contributed by atoms with E-state index in [0.29, 0.717) is 5.56 Å². The molecule has 0 saturated heterocycles. The van der Waals surface area contributed by atoms with Gasteiger partial charge < -0.3 is 4.98 Å². The number of thiophene rings is 1. The van der Waals surface area contributed by atoms with Crippen molar-refractivity contribution < 1.29 is 27.0 Å². The van der Waals surface area contributed by atoms with Crippen LogP contribution in [0.25, 0.3) is 42.7 Å². The summed E-state index contributed by atoms with van der Waals surface area (Å²) in [4.78, 5) is 9.01. The Morgan fingerprint density at radius 3 is 2.41 bits per heavy atom. The third-order valence-corrected chi connectivity index (χ3v) is 11.9. The van der Waals surface area contributed by atoms with Crippen molar-refractivity contribution >= 4 is 49.2 Å². The smallest absolute Gasteiger partial charge is 0 e. The molecular weight excluding hydrogens is 757 g/mol. The fourth-order valence-electron chi connectivity index (χ4n) is 4.63. The van der Waals surface area contributed by atoms with Gasteiger partial charge in [-0.05, 0) is 40.3 Å². The first-order valence-corrected chi connectivity index (χ1v) is 21.6. The number of aryl methyl sites for hydroxylation is 1. The minimum Gasteiger partial charge on any atom is 0 e. The van der Waals surface area contributed by atoms with Crippen LogP contribution in [-0.4, -0.2) is 23.2 Å². The Bertz CT molecular complexity index is 1940. The van der Waals surface area contributed by atoms with Gasteiger partial charge in [-0.15, -0.1) is 23.8 Å². The molecule has 5 heteroatoms. The second-order valence-corrected chi connectivity index (χ2v) is 22.7. The van der Waals surface area contributed by atoms with Crippen LogP contribution < -0.4 is 4.40 Å². The van der Waals surface area contributed by atoms with Gasteiger partial charge in [0.15, 0.2) is 0 Å². The van der Waals surface area contributed by atoms with Gasteiger partial charge in [0.2, 0.25) is 0 Å². The number of hydrogen-bond acceptors (Lipinski definition) is 3. The van der Waals surface area contributed by atoms with Gasteiger partial charge in [0.05, 0.1) is 0 Å². The molecule has 1 radical (unpaired) electrons. The minimum absolute atomic E-state index is 0. The van der Waals surface area contributed by atoms with Crippen molar-refractivity contribution in [3.05, 3.63) is 115 Å².